The summed E-state index contributed by atoms with van der Waals surface area (Å²) in [6.45, 7) is 2.11. The largest absolute Gasteiger partial charge is 0.463 e. The smallest absolute Gasteiger partial charge is 0.315 e. The lowest BCUT2D eigenvalue weighted by Gasteiger charge is -2.13. The summed E-state index contributed by atoms with van der Waals surface area (Å²) >= 11 is 1.47. The Kier molecular flexibility index (Phi) is 5.73. The number of nitrogens with zero attached hydrogens (tertiary/aromatic N) is 1. The highest BCUT2D eigenvalue weighted by molar-refractivity contribution is 7.99. The maximum Gasteiger partial charge on any atom is 0.315 e. The van der Waals surface area contributed by atoms with Crippen molar-refractivity contribution < 1.29 is 19.1 Å². The van der Waals surface area contributed by atoms with Crippen molar-refractivity contribution in [3.8, 4) is 0 Å². The Morgan fingerprint density at radius 2 is 1.62 bits per heavy atom. The van der Waals surface area contributed by atoms with Crippen LogP contribution in [0.2, 0.25) is 0 Å². The lowest BCUT2D eigenvalue weighted by atomic mass is 10.1. The van der Waals surface area contributed by atoms with Gasteiger partial charge in [-0.15, -0.1) is 11.8 Å². The minimum Gasteiger partial charge on any atom is -0.463 e. The molecule has 26 heavy (non-hydrogen) atoms. The molecule has 2 aromatic carbocycles. The molecule has 1 heterocycles. The van der Waals surface area contributed by atoms with Crippen LogP contribution in [-0.4, -0.2) is 41.6 Å². The van der Waals surface area contributed by atoms with Crippen molar-refractivity contribution in [2.75, 3.05) is 18.9 Å². The van der Waals surface area contributed by atoms with Crippen molar-refractivity contribution in [2.45, 2.75) is 12.7 Å². The van der Waals surface area contributed by atoms with E-state index in [4.69, 9.17) is 4.74 Å². The topological polar surface area (TPSA) is 63.7 Å². The molecule has 0 radical (unpaired) electrons. The SMILES string of the molecule is Cc1ccc(CSCC(=O)OCCN2C(=O)c3ccccc3C2=O)cc1. The summed E-state index contributed by atoms with van der Waals surface area (Å²) in [6.07, 6.45) is 0. The molecule has 0 fully saturated rings. The fourth-order valence-corrected chi connectivity index (χ4v) is 3.45. The van der Waals surface area contributed by atoms with Crippen LogP contribution in [0.1, 0.15) is 31.8 Å². The van der Waals surface area contributed by atoms with Crippen LogP contribution in [0.3, 0.4) is 0 Å². The fraction of sp³-hybridized carbons (Fsp3) is 0.250. The van der Waals surface area contributed by atoms with Gasteiger partial charge in [0.25, 0.3) is 11.8 Å². The van der Waals surface area contributed by atoms with E-state index in [0.29, 0.717) is 11.1 Å². The molecule has 0 saturated carbocycles. The van der Waals surface area contributed by atoms with Gasteiger partial charge in [0.1, 0.15) is 6.61 Å². The third-order valence-electron chi connectivity index (χ3n) is 4.07. The average Bonchev–Trinajstić information content (AvgIpc) is 2.89. The normalized spacial score (nSPS) is 13.0. The van der Waals surface area contributed by atoms with E-state index in [1.54, 1.807) is 24.3 Å². The van der Waals surface area contributed by atoms with E-state index < -0.39 is 0 Å². The lowest BCUT2D eigenvalue weighted by Crippen LogP contribution is -2.33. The van der Waals surface area contributed by atoms with E-state index >= 15 is 0 Å². The molecule has 3 rings (SSSR count). The number of carbonyl (C=O) groups excluding carboxylic acids is 3. The Bertz CT molecular complexity index is 797. The van der Waals surface area contributed by atoms with Gasteiger partial charge < -0.3 is 4.74 Å². The standard InChI is InChI=1S/C20H19NO4S/c1-14-6-8-15(9-7-14)12-26-13-18(22)25-11-10-21-19(23)16-4-2-3-5-17(16)20(21)24/h2-9H,10-13H2,1H3. The minimum atomic E-state index is -0.348. The summed E-state index contributed by atoms with van der Waals surface area (Å²) in [4.78, 5) is 37.3. The van der Waals surface area contributed by atoms with E-state index in [-0.39, 0.29) is 36.7 Å². The van der Waals surface area contributed by atoms with Gasteiger partial charge in [0, 0.05) is 5.75 Å². The minimum absolute atomic E-state index is 0.00932. The molecule has 0 aromatic heterocycles. The third-order valence-corrected chi connectivity index (χ3v) is 5.04. The number of esters is 1. The first-order valence-electron chi connectivity index (χ1n) is 8.30. The summed E-state index contributed by atoms with van der Waals surface area (Å²) in [5, 5.41) is 0. The number of benzene rings is 2. The summed E-state index contributed by atoms with van der Waals surface area (Å²) in [7, 11) is 0. The van der Waals surface area contributed by atoms with Crippen molar-refractivity contribution in [2.24, 2.45) is 0 Å². The third kappa shape index (κ3) is 4.14. The molecule has 5 nitrogen and oxygen atoms in total. The zero-order valence-corrected chi connectivity index (χ0v) is 15.3. The highest BCUT2D eigenvalue weighted by atomic mass is 32.2. The summed E-state index contributed by atoms with van der Waals surface area (Å²) in [5.41, 5.74) is 3.15. The first-order valence-corrected chi connectivity index (χ1v) is 9.46. The van der Waals surface area contributed by atoms with Gasteiger partial charge >= 0.3 is 5.97 Å². The number of ether oxygens (including phenoxy) is 1. The van der Waals surface area contributed by atoms with Gasteiger partial charge in [-0.25, -0.2) is 0 Å². The molecule has 1 aliphatic rings. The number of hydrogen-bond donors (Lipinski definition) is 0. The number of rotatable bonds is 7. The van der Waals surface area contributed by atoms with Gasteiger partial charge in [-0.3, -0.25) is 19.3 Å². The van der Waals surface area contributed by atoms with Gasteiger partial charge in [0.2, 0.25) is 0 Å². The first-order chi connectivity index (χ1) is 12.6. The lowest BCUT2D eigenvalue weighted by molar-refractivity contribution is -0.140. The highest BCUT2D eigenvalue weighted by Crippen LogP contribution is 2.22. The Labute approximate surface area is 156 Å². The molecule has 134 valence electrons. The van der Waals surface area contributed by atoms with Crippen LogP contribution in [0.15, 0.2) is 48.5 Å². The van der Waals surface area contributed by atoms with E-state index in [1.807, 2.05) is 31.2 Å². The molecule has 0 spiro atoms. The van der Waals surface area contributed by atoms with Crippen molar-refractivity contribution >= 4 is 29.5 Å². The quantitative estimate of drug-likeness (QED) is 0.554. The molecule has 6 heteroatoms. The predicted octanol–water partition coefficient (Wildman–Crippen LogP) is 3.07. The van der Waals surface area contributed by atoms with Crippen LogP contribution in [0.4, 0.5) is 0 Å². The Morgan fingerprint density at radius 1 is 1.00 bits per heavy atom. The van der Waals surface area contributed by atoms with Crippen LogP contribution >= 0.6 is 11.8 Å². The molecule has 0 N–H and O–H groups in total. The molecule has 0 unspecified atom stereocenters. The number of amides is 2. The van der Waals surface area contributed by atoms with Crippen LogP contribution < -0.4 is 0 Å². The molecular weight excluding hydrogens is 350 g/mol. The molecule has 2 aromatic rings. The molecule has 1 aliphatic heterocycles. The summed E-state index contributed by atoms with van der Waals surface area (Å²) in [6, 6.07) is 14.8. The highest BCUT2D eigenvalue weighted by Gasteiger charge is 2.34. The number of imide groups is 1. The maximum atomic E-state index is 12.2. The van der Waals surface area contributed by atoms with E-state index in [1.165, 1.54) is 17.3 Å². The molecule has 0 saturated heterocycles. The summed E-state index contributed by atoms with van der Waals surface area (Å²) in [5.74, 6) is -0.0615. The number of carbonyl (C=O) groups is 3. The monoisotopic (exact) mass is 369 g/mol. The summed E-state index contributed by atoms with van der Waals surface area (Å²) < 4.78 is 5.15. The maximum absolute atomic E-state index is 12.2. The van der Waals surface area contributed by atoms with Gasteiger partial charge in [-0.1, -0.05) is 42.0 Å². The van der Waals surface area contributed by atoms with Crippen molar-refractivity contribution in [3.05, 3.63) is 70.8 Å². The predicted molar refractivity (Wildman–Crippen MR) is 100 cm³/mol. The van der Waals surface area contributed by atoms with Gasteiger partial charge in [-0.05, 0) is 24.6 Å². The van der Waals surface area contributed by atoms with Crippen molar-refractivity contribution in [1.29, 1.82) is 0 Å². The number of fused-ring (bicyclic) bond motifs is 1. The Morgan fingerprint density at radius 3 is 2.23 bits per heavy atom. The second-order valence-electron chi connectivity index (χ2n) is 6.01. The Balaban J connectivity index is 1.40. The average molecular weight is 369 g/mol. The van der Waals surface area contributed by atoms with Gasteiger partial charge in [0.15, 0.2) is 0 Å². The van der Waals surface area contributed by atoms with Crippen molar-refractivity contribution in [3.63, 3.8) is 0 Å². The first kappa shape index (κ1) is 18.2. The second kappa shape index (κ2) is 8.19. The Hall–Kier alpha value is -2.60. The molecule has 0 atom stereocenters. The van der Waals surface area contributed by atoms with Crippen LogP contribution in [-0.2, 0) is 15.3 Å². The molecule has 0 bridgehead atoms. The van der Waals surface area contributed by atoms with E-state index in [9.17, 15) is 14.4 Å². The zero-order valence-electron chi connectivity index (χ0n) is 14.4. The van der Waals surface area contributed by atoms with Crippen LogP contribution in [0, 0.1) is 6.92 Å². The molecular formula is C20H19NO4S. The number of thioether (sulfide) groups is 1. The molecule has 2 amide bonds. The van der Waals surface area contributed by atoms with E-state index in [0.717, 1.165) is 16.2 Å². The number of hydrogen-bond acceptors (Lipinski definition) is 5. The number of aryl methyl sites for hydroxylation is 1. The molecule has 0 aliphatic carbocycles. The van der Waals surface area contributed by atoms with E-state index in [2.05, 4.69) is 0 Å². The zero-order chi connectivity index (χ0) is 18.5. The van der Waals surface area contributed by atoms with Gasteiger partial charge in [0.05, 0.1) is 23.4 Å². The van der Waals surface area contributed by atoms with Gasteiger partial charge in [-0.2, -0.15) is 0 Å². The van der Waals surface area contributed by atoms with Crippen LogP contribution in [0.5, 0.6) is 0 Å². The van der Waals surface area contributed by atoms with Crippen LogP contribution in [0.25, 0.3) is 0 Å². The second-order valence-corrected chi connectivity index (χ2v) is 6.99. The van der Waals surface area contributed by atoms with Crippen molar-refractivity contribution in [1.82, 2.24) is 4.90 Å². The fourth-order valence-electron chi connectivity index (χ4n) is 2.67.